The Bertz CT molecular complexity index is 1740. The average Bonchev–Trinajstić information content (AvgIpc) is 3.36. The summed E-state index contributed by atoms with van der Waals surface area (Å²) in [6.45, 7) is 6.76. The maximum Gasteiger partial charge on any atom is 0.269 e. The van der Waals surface area contributed by atoms with Crippen LogP contribution in [0.3, 0.4) is 0 Å². The van der Waals surface area contributed by atoms with Crippen molar-refractivity contribution in [2.75, 3.05) is 10.6 Å². The summed E-state index contributed by atoms with van der Waals surface area (Å²) in [4.78, 5) is 39.1. The zero-order valence-electron chi connectivity index (χ0n) is 24.6. The molecular weight excluding hydrogens is 593 g/mol. The number of carbonyl (C=O) groups is 2. The van der Waals surface area contributed by atoms with Gasteiger partial charge in [0.25, 0.3) is 11.6 Å². The number of benzene rings is 3. The summed E-state index contributed by atoms with van der Waals surface area (Å²) >= 11 is 2.86. The third kappa shape index (κ3) is 7.01. The van der Waals surface area contributed by atoms with Crippen LogP contribution in [0.2, 0.25) is 0 Å². The van der Waals surface area contributed by atoms with Gasteiger partial charge in [0.15, 0.2) is 0 Å². The molecule has 2 atom stereocenters. The van der Waals surface area contributed by atoms with E-state index in [-0.39, 0.29) is 22.6 Å². The summed E-state index contributed by atoms with van der Waals surface area (Å²) in [6.07, 6.45) is 2.76. The number of non-ortho nitro benzene ring substituents is 1. The van der Waals surface area contributed by atoms with E-state index < -0.39 is 16.1 Å². The van der Waals surface area contributed by atoms with Crippen molar-refractivity contribution in [1.82, 2.24) is 0 Å². The third-order valence-electron chi connectivity index (χ3n) is 7.87. The molecule has 224 valence electrons. The predicted molar refractivity (Wildman–Crippen MR) is 175 cm³/mol. The van der Waals surface area contributed by atoms with Gasteiger partial charge in [-0.3, -0.25) is 19.7 Å². The molecule has 44 heavy (non-hydrogen) atoms. The Morgan fingerprint density at radius 3 is 2.43 bits per heavy atom. The summed E-state index contributed by atoms with van der Waals surface area (Å²) in [5, 5.41) is 26.9. The van der Waals surface area contributed by atoms with Gasteiger partial charge in [0.1, 0.15) is 16.3 Å². The molecule has 0 fully saturated rings. The van der Waals surface area contributed by atoms with Crippen molar-refractivity contribution >= 4 is 51.3 Å². The van der Waals surface area contributed by atoms with Crippen molar-refractivity contribution in [2.45, 2.75) is 50.2 Å². The van der Waals surface area contributed by atoms with E-state index in [1.54, 1.807) is 18.2 Å². The van der Waals surface area contributed by atoms with Gasteiger partial charge in [0.05, 0.1) is 10.5 Å². The molecule has 2 unspecified atom stereocenters. The van der Waals surface area contributed by atoms with Gasteiger partial charge in [-0.25, -0.2) is 0 Å². The molecule has 1 aromatic heterocycles. The molecule has 0 spiro atoms. The minimum absolute atomic E-state index is 0.0936. The minimum Gasteiger partial charge on any atom is -0.322 e. The van der Waals surface area contributed by atoms with E-state index in [2.05, 4.69) is 37.5 Å². The second-order valence-corrected chi connectivity index (χ2v) is 14.1. The summed E-state index contributed by atoms with van der Waals surface area (Å²) in [6, 6.07) is 24.4. The van der Waals surface area contributed by atoms with Crippen LogP contribution in [0.5, 0.6) is 0 Å². The lowest BCUT2D eigenvalue weighted by Gasteiger charge is -2.33. The quantitative estimate of drug-likeness (QED) is 0.115. The van der Waals surface area contributed by atoms with Crippen LogP contribution in [0, 0.1) is 32.8 Å². The molecule has 5 rings (SSSR count). The Balaban J connectivity index is 1.36. The second kappa shape index (κ2) is 13.0. The van der Waals surface area contributed by atoms with Gasteiger partial charge in [0.2, 0.25) is 5.91 Å². The van der Waals surface area contributed by atoms with Gasteiger partial charge in [0, 0.05) is 33.2 Å². The van der Waals surface area contributed by atoms with Crippen LogP contribution in [-0.2, 0) is 17.6 Å². The Hall–Kier alpha value is -4.46. The summed E-state index contributed by atoms with van der Waals surface area (Å²) < 4.78 is 0. The Kier molecular flexibility index (Phi) is 9.18. The predicted octanol–water partition coefficient (Wildman–Crippen LogP) is 8.40. The fourth-order valence-corrected chi connectivity index (χ4v) is 7.69. The lowest BCUT2D eigenvalue weighted by atomic mass is 9.72. The van der Waals surface area contributed by atoms with E-state index in [4.69, 9.17) is 0 Å². The number of thiophene rings is 1. The number of anilines is 2. The van der Waals surface area contributed by atoms with E-state index >= 15 is 0 Å². The standard InChI is InChI=1S/C34H32N4O4S2/c1-34(2,3)23-14-17-27-28(20-35)33(44-29(27)18-23)37-32(40)30(21-8-5-4-6-9-21)43-26-11-7-10-24(19-26)36-31(39)22-12-15-25(16-13-22)38(41)42/h4-13,15-16,19,23,30H,14,17-18H2,1-3H3,(H,36,39)(H,37,40). The van der Waals surface area contributed by atoms with Crippen molar-refractivity contribution in [1.29, 1.82) is 5.26 Å². The maximum atomic E-state index is 13.9. The van der Waals surface area contributed by atoms with Crippen LogP contribution < -0.4 is 10.6 Å². The van der Waals surface area contributed by atoms with Gasteiger partial charge in [-0.2, -0.15) is 5.26 Å². The normalized spacial score (nSPS) is 15.0. The van der Waals surface area contributed by atoms with Crippen LogP contribution in [0.4, 0.5) is 16.4 Å². The van der Waals surface area contributed by atoms with Crippen LogP contribution in [0.25, 0.3) is 0 Å². The van der Waals surface area contributed by atoms with Crippen molar-refractivity contribution in [3.05, 3.63) is 116 Å². The smallest absolute Gasteiger partial charge is 0.269 e. The zero-order valence-corrected chi connectivity index (χ0v) is 26.3. The molecule has 1 aliphatic carbocycles. The van der Waals surface area contributed by atoms with Crippen molar-refractivity contribution in [2.24, 2.45) is 11.3 Å². The molecule has 1 heterocycles. The van der Waals surface area contributed by atoms with Gasteiger partial charge in [-0.15, -0.1) is 23.1 Å². The number of rotatable bonds is 8. The van der Waals surface area contributed by atoms with Gasteiger partial charge in [-0.05, 0) is 72.1 Å². The highest BCUT2D eigenvalue weighted by Gasteiger charge is 2.33. The molecule has 2 N–H and O–H groups in total. The van der Waals surface area contributed by atoms with Crippen LogP contribution >= 0.6 is 23.1 Å². The monoisotopic (exact) mass is 624 g/mol. The molecule has 0 aliphatic heterocycles. The molecule has 1 aliphatic rings. The highest BCUT2D eigenvalue weighted by molar-refractivity contribution is 8.00. The number of fused-ring (bicyclic) bond motifs is 1. The SMILES string of the molecule is CC(C)(C)C1CCc2c(sc(NC(=O)C(Sc3cccc(NC(=O)c4ccc([N+](=O)[O-])cc4)c3)c3ccccc3)c2C#N)C1. The molecule has 2 amide bonds. The number of carbonyl (C=O) groups excluding carboxylic acids is 2. The van der Waals surface area contributed by atoms with E-state index in [1.165, 1.54) is 52.2 Å². The molecule has 0 radical (unpaired) electrons. The van der Waals surface area contributed by atoms with Crippen LogP contribution in [-0.4, -0.2) is 16.7 Å². The highest BCUT2D eigenvalue weighted by Crippen LogP contribution is 2.45. The molecule has 8 nitrogen and oxygen atoms in total. The molecule has 10 heteroatoms. The van der Waals surface area contributed by atoms with Crippen molar-refractivity contribution < 1.29 is 14.5 Å². The number of nitrogens with one attached hydrogen (secondary N) is 2. The maximum absolute atomic E-state index is 13.9. The number of nitriles is 1. The largest absolute Gasteiger partial charge is 0.322 e. The average molecular weight is 625 g/mol. The van der Waals surface area contributed by atoms with E-state index in [0.29, 0.717) is 22.2 Å². The third-order valence-corrected chi connectivity index (χ3v) is 10.3. The number of hydrogen-bond donors (Lipinski definition) is 2. The van der Waals surface area contributed by atoms with E-state index in [1.807, 2.05) is 36.4 Å². The number of thioether (sulfide) groups is 1. The topological polar surface area (TPSA) is 125 Å². The first-order chi connectivity index (χ1) is 21.0. The lowest BCUT2D eigenvalue weighted by molar-refractivity contribution is -0.384. The molecule has 3 aromatic carbocycles. The highest BCUT2D eigenvalue weighted by atomic mass is 32.2. The minimum atomic E-state index is -0.621. The van der Waals surface area contributed by atoms with Gasteiger partial charge < -0.3 is 10.6 Å². The summed E-state index contributed by atoms with van der Waals surface area (Å²) in [7, 11) is 0. The lowest BCUT2D eigenvalue weighted by Crippen LogP contribution is -2.26. The summed E-state index contributed by atoms with van der Waals surface area (Å²) in [5.41, 5.74) is 3.33. The first-order valence-corrected chi connectivity index (χ1v) is 16.0. The number of nitro groups is 1. The van der Waals surface area contributed by atoms with Gasteiger partial charge in [-0.1, -0.05) is 57.2 Å². The molecule has 0 bridgehead atoms. The number of nitro benzene ring substituents is 1. The molecular formula is C34H32N4O4S2. The van der Waals surface area contributed by atoms with Crippen molar-refractivity contribution in [3.63, 3.8) is 0 Å². The van der Waals surface area contributed by atoms with Crippen molar-refractivity contribution in [3.8, 4) is 6.07 Å². The Labute approximate surface area is 264 Å². The second-order valence-electron chi connectivity index (χ2n) is 11.8. The Morgan fingerprint density at radius 2 is 1.77 bits per heavy atom. The summed E-state index contributed by atoms with van der Waals surface area (Å²) in [5.74, 6) is -0.118. The molecule has 0 saturated carbocycles. The van der Waals surface area contributed by atoms with Crippen LogP contribution in [0.1, 0.15) is 64.4 Å². The van der Waals surface area contributed by atoms with Gasteiger partial charge >= 0.3 is 0 Å². The number of hydrogen-bond acceptors (Lipinski definition) is 7. The zero-order chi connectivity index (χ0) is 31.4. The fourth-order valence-electron chi connectivity index (χ4n) is 5.33. The first kappa shape index (κ1) is 31.0. The number of amides is 2. The van der Waals surface area contributed by atoms with Crippen LogP contribution in [0.15, 0.2) is 83.8 Å². The van der Waals surface area contributed by atoms with E-state index in [0.717, 1.165) is 35.3 Å². The van der Waals surface area contributed by atoms with E-state index in [9.17, 15) is 25.0 Å². The fraction of sp³-hybridized carbons (Fsp3) is 0.265. The first-order valence-electron chi connectivity index (χ1n) is 14.3. The molecule has 4 aromatic rings. The molecule has 0 saturated heterocycles. The number of nitrogens with zero attached hydrogens (tertiary/aromatic N) is 2. The Morgan fingerprint density at radius 1 is 1.05 bits per heavy atom.